The zero-order valence-electron chi connectivity index (χ0n) is 24.0. The van der Waals surface area contributed by atoms with Gasteiger partial charge in [-0.3, -0.25) is 19.4 Å². The van der Waals surface area contributed by atoms with Gasteiger partial charge in [-0.1, -0.05) is 67.7 Å². The van der Waals surface area contributed by atoms with Crippen molar-refractivity contribution in [1.29, 1.82) is 0 Å². The molecule has 0 saturated carbocycles. The lowest BCUT2D eigenvalue weighted by Gasteiger charge is -2.24. The second-order valence-corrected chi connectivity index (χ2v) is 9.64. The number of pyridine rings is 1. The molecule has 2 rings (SSSR count). The molecule has 1 aliphatic heterocycles. The summed E-state index contributed by atoms with van der Waals surface area (Å²) in [5, 5.41) is 5.70. The number of amides is 3. The minimum absolute atomic E-state index is 0.0177. The molecule has 1 aromatic heterocycles. The van der Waals surface area contributed by atoms with Gasteiger partial charge in [0.1, 0.15) is 6.04 Å². The first-order valence-corrected chi connectivity index (χ1v) is 14.6. The zero-order valence-corrected chi connectivity index (χ0v) is 24.0. The van der Waals surface area contributed by atoms with E-state index in [2.05, 4.69) is 83.3 Å². The van der Waals surface area contributed by atoms with Crippen LogP contribution < -0.4 is 10.6 Å². The lowest BCUT2D eigenvalue weighted by molar-refractivity contribution is -0.125. The molecule has 0 radical (unpaired) electrons. The number of nitrogens with one attached hydrogen (secondary N) is 2. The van der Waals surface area contributed by atoms with Gasteiger partial charge in [0.25, 0.3) is 5.91 Å². The molecule has 0 aliphatic carbocycles. The highest BCUT2D eigenvalue weighted by Gasteiger charge is 2.34. The number of likely N-dealkylation sites (tertiary alicyclic amines) is 1. The third-order valence-electron chi connectivity index (χ3n) is 6.40. The molecule has 0 aromatic carbocycles. The molecular formula is C33H46N4O3. The fraction of sp³-hybridized carbons (Fsp3) is 0.455. The van der Waals surface area contributed by atoms with Crippen LogP contribution in [0.15, 0.2) is 85.3 Å². The van der Waals surface area contributed by atoms with Gasteiger partial charge in [0, 0.05) is 38.4 Å². The maximum absolute atomic E-state index is 12.7. The van der Waals surface area contributed by atoms with Gasteiger partial charge in [0.15, 0.2) is 0 Å². The van der Waals surface area contributed by atoms with E-state index in [0.29, 0.717) is 38.0 Å². The Morgan fingerprint density at radius 2 is 1.52 bits per heavy atom. The van der Waals surface area contributed by atoms with Crippen LogP contribution in [0.25, 0.3) is 0 Å². The number of nitrogens with zero attached hydrogens (tertiary/aromatic N) is 2. The van der Waals surface area contributed by atoms with Crippen molar-refractivity contribution >= 4 is 17.7 Å². The average Bonchev–Trinajstić information content (AvgIpc) is 3.47. The Bertz CT molecular complexity index is 1030. The molecule has 0 spiro atoms. The van der Waals surface area contributed by atoms with Crippen molar-refractivity contribution in [1.82, 2.24) is 20.5 Å². The summed E-state index contributed by atoms with van der Waals surface area (Å²) in [6.07, 6.45) is 33.3. The molecule has 3 amide bonds. The average molecular weight is 547 g/mol. The summed E-state index contributed by atoms with van der Waals surface area (Å²) in [6, 6.07) is 2.94. The van der Waals surface area contributed by atoms with Crippen molar-refractivity contribution in [3.63, 3.8) is 0 Å². The lowest BCUT2D eigenvalue weighted by Crippen LogP contribution is -2.47. The fourth-order valence-electron chi connectivity index (χ4n) is 4.28. The molecule has 2 heterocycles. The molecule has 1 aromatic rings. The van der Waals surface area contributed by atoms with Gasteiger partial charge in [-0.15, -0.1) is 0 Å². The molecule has 1 saturated heterocycles. The van der Waals surface area contributed by atoms with Gasteiger partial charge in [-0.05, 0) is 69.9 Å². The highest BCUT2D eigenvalue weighted by molar-refractivity contribution is 5.97. The van der Waals surface area contributed by atoms with Crippen molar-refractivity contribution in [3.05, 3.63) is 90.9 Å². The van der Waals surface area contributed by atoms with Crippen molar-refractivity contribution < 1.29 is 14.4 Å². The van der Waals surface area contributed by atoms with Crippen molar-refractivity contribution in [3.8, 4) is 0 Å². The summed E-state index contributed by atoms with van der Waals surface area (Å²) < 4.78 is 0. The number of hydrogen-bond acceptors (Lipinski definition) is 4. The van der Waals surface area contributed by atoms with Crippen LogP contribution in [-0.2, 0) is 9.59 Å². The SMILES string of the molecule is CCC=CCC=CCC=CCC=CCC=CCCCC(=O)NCCNC(=O)[C@@H]1CCCN1C(=O)c1cccnc1. The molecule has 216 valence electrons. The largest absolute Gasteiger partial charge is 0.354 e. The first-order chi connectivity index (χ1) is 19.6. The van der Waals surface area contributed by atoms with Gasteiger partial charge in [-0.2, -0.15) is 0 Å². The lowest BCUT2D eigenvalue weighted by atomic mass is 10.2. The number of hydrogen-bond donors (Lipinski definition) is 2. The highest BCUT2D eigenvalue weighted by atomic mass is 16.2. The molecule has 0 bridgehead atoms. The summed E-state index contributed by atoms with van der Waals surface area (Å²) in [4.78, 5) is 43.0. The Labute approximate surface area is 240 Å². The molecule has 7 nitrogen and oxygen atoms in total. The van der Waals surface area contributed by atoms with E-state index in [9.17, 15) is 14.4 Å². The monoisotopic (exact) mass is 546 g/mol. The second kappa shape index (κ2) is 21.1. The van der Waals surface area contributed by atoms with Crippen LogP contribution in [0.5, 0.6) is 0 Å². The standard InChI is InChI=1S/C33H46N4O3/c1-2-3-4-5-6-7-8-9-10-11-12-13-14-15-16-17-18-23-31(38)35-25-26-36-32(39)30-22-20-27-37(30)33(40)29-21-19-24-34-28-29/h3-4,6-7,9-10,12-13,15-16,19,21,24,28,30H,2,5,8,11,14,17-18,20,22-23,25-27H2,1H3,(H,35,38)(H,36,39)/t30-/m0/s1. The van der Waals surface area contributed by atoms with Crippen LogP contribution in [0.4, 0.5) is 0 Å². The van der Waals surface area contributed by atoms with E-state index in [1.54, 1.807) is 23.2 Å². The molecule has 1 aliphatic rings. The topological polar surface area (TPSA) is 91.4 Å². The number of aromatic nitrogens is 1. The minimum atomic E-state index is -0.480. The maximum atomic E-state index is 12.7. The third kappa shape index (κ3) is 13.9. The van der Waals surface area contributed by atoms with E-state index in [-0.39, 0.29) is 17.7 Å². The molecule has 0 unspecified atom stereocenters. The predicted octanol–water partition coefficient (Wildman–Crippen LogP) is 5.84. The molecule has 1 atom stereocenters. The van der Waals surface area contributed by atoms with Gasteiger partial charge >= 0.3 is 0 Å². The van der Waals surface area contributed by atoms with Gasteiger partial charge in [-0.25, -0.2) is 0 Å². The summed E-state index contributed by atoms with van der Waals surface area (Å²) in [6.45, 7) is 3.41. The Morgan fingerprint density at radius 1 is 0.900 bits per heavy atom. The van der Waals surface area contributed by atoms with Crippen LogP contribution in [0.2, 0.25) is 0 Å². The first kappa shape index (κ1) is 32.5. The Hall–Kier alpha value is -3.74. The number of allylic oxidation sites excluding steroid dienone is 10. The number of rotatable bonds is 18. The van der Waals surface area contributed by atoms with Gasteiger partial charge in [0.2, 0.25) is 11.8 Å². The second-order valence-electron chi connectivity index (χ2n) is 9.64. The van der Waals surface area contributed by atoms with E-state index < -0.39 is 6.04 Å². The predicted molar refractivity (Wildman–Crippen MR) is 163 cm³/mol. The number of carbonyl (C=O) groups excluding carboxylic acids is 3. The van der Waals surface area contributed by atoms with Crippen LogP contribution >= 0.6 is 0 Å². The summed E-state index contributed by atoms with van der Waals surface area (Å²) in [7, 11) is 0. The smallest absolute Gasteiger partial charge is 0.256 e. The molecule has 7 heteroatoms. The van der Waals surface area contributed by atoms with E-state index in [1.807, 2.05) is 0 Å². The Morgan fingerprint density at radius 3 is 2.15 bits per heavy atom. The highest BCUT2D eigenvalue weighted by Crippen LogP contribution is 2.20. The maximum Gasteiger partial charge on any atom is 0.256 e. The van der Waals surface area contributed by atoms with Crippen LogP contribution in [-0.4, -0.2) is 53.3 Å². The van der Waals surface area contributed by atoms with Gasteiger partial charge in [0.05, 0.1) is 5.56 Å². The Balaban J connectivity index is 1.48. The normalized spacial score (nSPS) is 15.8. The number of carbonyl (C=O) groups is 3. The minimum Gasteiger partial charge on any atom is -0.354 e. The van der Waals surface area contributed by atoms with E-state index in [4.69, 9.17) is 0 Å². The molecule has 2 N–H and O–H groups in total. The van der Waals surface area contributed by atoms with Crippen molar-refractivity contribution in [2.75, 3.05) is 19.6 Å². The summed E-state index contributed by atoms with van der Waals surface area (Å²) in [5.74, 6) is -0.371. The van der Waals surface area contributed by atoms with Crippen LogP contribution in [0.3, 0.4) is 0 Å². The van der Waals surface area contributed by atoms with Gasteiger partial charge < -0.3 is 15.5 Å². The zero-order chi connectivity index (χ0) is 28.7. The van der Waals surface area contributed by atoms with E-state index in [0.717, 1.165) is 51.4 Å². The molecule has 40 heavy (non-hydrogen) atoms. The molecular weight excluding hydrogens is 500 g/mol. The quantitative estimate of drug-likeness (QED) is 0.179. The fourth-order valence-corrected chi connectivity index (χ4v) is 4.28. The Kier molecular flexibility index (Phi) is 17.2. The van der Waals surface area contributed by atoms with Crippen LogP contribution in [0.1, 0.15) is 81.5 Å². The number of unbranched alkanes of at least 4 members (excludes halogenated alkanes) is 1. The summed E-state index contributed by atoms with van der Waals surface area (Å²) >= 11 is 0. The van der Waals surface area contributed by atoms with E-state index in [1.165, 1.54) is 6.20 Å². The van der Waals surface area contributed by atoms with Crippen molar-refractivity contribution in [2.24, 2.45) is 0 Å². The van der Waals surface area contributed by atoms with Crippen molar-refractivity contribution in [2.45, 2.75) is 77.2 Å². The third-order valence-corrected chi connectivity index (χ3v) is 6.40. The first-order valence-electron chi connectivity index (χ1n) is 14.6. The van der Waals surface area contributed by atoms with Crippen LogP contribution in [0, 0.1) is 0 Å². The van der Waals surface area contributed by atoms with E-state index >= 15 is 0 Å². The molecule has 1 fully saturated rings. The summed E-state index contributed by atoms with van der Waals surface area (Å²) in [5.41, 5.74) is 0.485.